The molecule has 4 rings (SSSR count). The molecule has 2 N–H and O–H groups in total. The van der Waals surface area contributed by atoms with E-state index < -0.39 is 35.4 Å². The van der Waals surface area contributed by atoms with Gasteiger partial charge < -0.3 is 10.6 Å². The molecule has 1 saturated carbocycles. The van der Waals surface area contributed by atoms with Gasteiger partial charge in [-0.3, -0.25) is 9.36 Å². The predicted molar refractivity (Wildman–Crippen MR) is 104 cm³/mol. The smallest absolute Gasteiger partial charge is 0.310 e. The summed E-state index contributed by atoms with van der Waals surface area (Å²) in [6.45, 7) is -0.266. The third kappa shape index (κ3) is 4.02. The first-order chi connectivity index (χ1) is 15.0. The van der Waals surface area contributed by atoms with E-state index in [2.05, 4.69) is 22.1 Å². The van der Waals surface area contributed by atoms with Crippen molar-refractivity contribution in [2.24, 2.45) is 5.92 Å². The van der Waals surface area contributed by atoms with Crippen LogP contribution in [0.15, 0.2) is 29.3 Å². The molecular weight excluding hydrogens is 459 g/mol. The molecule has 32 heavy (non-hydrogen) atoms. The average molecular weight is 473 g/mol. The number of amides is 2. The second-order valence-electron chi connectivity index (χ2n) is 7.44. The number of carbonyl (C=O) groups excluding carboxylic acids is 1. The fraction of sp³-hybridized carbons (Fsp3) is 0.350. The molecule has 6 nitrogen and oxygen atoms in total. The fourth-order valence-electron chi connectivity index (χ4n) is 3.24. The van der Waals surface area contributed by atoms with E-state index in [1.54, 1.807) is 0 Å². The lowest BCUT2D eigenvalue weighted by Gasteiger charge is -2.37. The van der Waals surface area contributed by atoms with Gasteiger partial charge in [0.05, 0.1) is 12.9 Å². The summed E-state index contributed by atoms with van der Waals surface area (Å²) in [6, 6.07) is 1.78. The first-order valence-corrected chi connectivity index (χ1v) is 9.74. The molecule has 0 bridgehead atoms. The Hall–Kier alpha value is -3.13. The number of alkyl halides is 5. The molecule has 2 heterocycles. The molecule has 2 aliphatic rings. The summed E-state index contributed by atoms with van der Waals surface area (Å²) in [7, 11) is 0. The van der Waals surface area contributed by atoms with Crippen LogP contribution in [0.25, 0.3) is 0 Å². The monoisotopic (exact) mass is 472 g/mol. The van der Waals surface area contributed by atoms with Crippen molar-refractivity contribution in [3.8, 4) is 11.8 Å². The summed E-state index contributed by atoms with van der Waals surface area (Å²) in [5.74, 6) is 4.61. The van der Waals surface area contributed by atoms with Gasteiger partial charge in [0.15, 0.2) is 0 Å². The van der Waals surface area contributed by atoms with Gasteiger partial charge in [-0.1, -0.05) is 23.4 Å². The Balaban J connectivity index is 1.78. The molecule has 1 fully saturated rings. The number of carbonyl (C=O) groups is 1. The van der Waals surface area contributed by atoms with Crippen molar-refractivity contribution < 1.29 is 26.7 Å². The third-order valence-corrected chi connectivity index (χ3v) is 5.42. The highest BCUT2D eigenvalue weighted by Gasteiger charge is 2.59. The molecule has 1 atom stereocenters. The maximum atomic E-state index is 14.2. The third-order valence-electron chi connectivity index (χ3n) is 5.07. The molecule has 168 valence electrons. The number of nitrogens with one attached hydrogen (secondary N) is 2. The average Bonchev–Trinajstić information content (AvgIpc) is 3.52. The molecule has 12 heteroatoms. The number of anilines is 1. The lowest BCUT2D eigenvalue weighted by atomic mass is 9.85. The van der Waals surface area contributed by atoms with Gasteiger partial charge in [0.2, 0.25) is 5.54 Å². The molecule has 2 amide bonds. The summed E-state index contributed by atoms with van der Waals surface area (Å²) < 4.78 is 68.8. The Morgan fingerprint density at radius 1 is 1.25 bits per heavy atom. The van der Waals surface area contributed by atoms with Crippen molar-refractivity contribution in [2.45, 2.75) is 37.5 Å². The number of benzene rings is 1. The number of aromatic nitrogens is 2. The summed E-state index contributed by atoms with van der Waals surface area (Å²) in [6.07, 6.45) is -5.61. The summed E-state index contributed by atoms with van der Waals surface area (Å²) >= 11 is 6.22. The molecular formula is C20H14ClF5N4O2. The molecule has 0 saturated heterocycles. The molecule has 1 aliphatic heterocycles. The quantitative estimate of drug-likeness (QED) is 0.519. The van der Waals surface area contributed by atoms with Crippen LogP contribution in [0.5, 0.6) is 0 Å². The van der Waals surface area contributed by atoms with Crippen LogP contribution in [0.4, 0.5) is 32.4 Å². The first-order valence-electron chi connectivity index (χ1n) is 9.36. The summed E-state index contributed by atoms with van der Waals surface area (Å²) in [5, 5.41) is 4.06. The zero-order valence-corrected chi connectivity index (χ0v) is 16.8. The van der Waals surface area contributed by atoms with Crippen LogP contribution in [-0.2, 0) is 12.1 Å². The minimum absolute atomic E-state index is 0.131. The highest BCUT2D eigenvalue weighted by atomic mass is 35.5. The maximum Gasteiger partial charge on any atom is 0.427 e. The van der Waals surface area contributed by atoms with E-state index in [0.717, 1.165) is 17.0 Å². The van der Waals surface area contributed by atoms with E-state index in [1.807, 2.05) is 5.32 Å². The highest BCUT2D eigenvalue weighted by molar-refractivity contribution is 6.31. The van der Waals surface area contributed by atoms with E-state index in [1.165, 1.54) is 6.07 Å². The number of hydrogen-bond donors (Lipinski definition) is 2. The number of fused-ring (bicyclic) bond motifs is 1. The minimum atomic E-state index is -4.95. The second kappa shape index (κ2) is 7.78. The SMILES string of the molecule is O=C1Nc2cc(Cn3cnc(C(F)F)cc3=O)c(Cl)cc2[C@@](C#CC2CC2)(C(F)(F)F)N1. The molecule has 0 unspecified atom stereocenters. The normalized spacial score (nSPS) is 20.2. The zero-order valence-electron chi connectivity index (χ0n) is 16.1. The maximum absolute atomic E-state index is 14.2. The van der Waals surface area contributed by atoms with Crippen LogP contribution in [-0.4, -0.2) is 21.8 Å². The molecule has 1 aromatic heterocycles. The van der Waals surface area contributed by atoms with Gasteiger partial charge in [-0.2, -0.15) is 13.2 Å². The van der Waals surface area contributed by atoms with E-state index >= 15 is 0 Å². The largest absolute Gasteiger partial charge is 0.427 e. The van der Waals surface area contributed by atoms with Crippen molar-refractivity contribution in [2.75, 3.05) is 5.32 Å². The van der Waals surface area contributed by atoms with E-state index in [4.69, 9.17) is 11.6 Å². The van der Waals surface area contributed by atoms with Crippen molar-refractivity contribution in [3.05, 3.63) is 56.7 Å². The van der Waals surface area contributed by atoms with Crippen LogP contribution in [0.2, 0.25) is 5.02 Å². The number of halogens is 6. The van der Waals surface area contributed by atoms with Crippen molar-refractivity contribution in [1.29, 1.82) is 0 Å². The standard InChI is InChI=1S/C20H14ClF5N4O2/c21-13-6-12-14(5-11(13)8-30-9-27-15(17(22)23)7-16(30)31)28-18(32)29-19(12,20(24,25)26)4-3-10-1-2-10/h5-7,9-10,17H,1-2,8H2,(H2,28,29,32)/t19-/m0/s1. The Bertz CT molecular complexity index is 1210. The topological polar surface area (TPSA) is 76.0 Å². The Kier molecular flexibility index (Phi) is 5.36. The predicted octanol–water partition coefficient (Wildman–Crippen LogP) is 4.19. The molecule has 1 aliphatic carbocycles. The van der Waals surface area contributed by atoms with Gasteiger partial charge in [0, 0.05) is 28.3 Å². The van der Waals surface area contributed by atoms with Crippen LogP contribution in [0.1, 0.15) is 36.1 Å². The Morgan fingerprint density at radius 3 is 2.56 bits per heavy atom. The lowest BCUT2D eigenvalue weighted by Crippen LogP contribution is -2.59. The lowest BCUT2D eigenvalue weighted by molar-refractivity contribution is -0.178. The molecule has 2 aromatic rings. The number of urea groups is 1. The molecule has 0 spiro atoms. The van der Waals surface area contributed by atoms with Crippen molar-refractivity contribution >= 4 is 23.3 Å². The fourth-order valence-corrected chi connectivity index (χ4v) is 3.46. The van der Waals surface area contributed by atoms with Gasteiger partial charge >= 0.3 is 12.2 Å². The Morgan fingerprint density at radius 2 is 1.97 bits per heavy atom. The van der Waals surface area contributed by atoms with Crippen LogP contribution in [0, 0.1) is 17.8 Å². The van der Waals surface area contributed by atoms with Crippen LogP contribution < -0.4 is 16.2 Å². The van der Waals surface area contributed by atoms with Crippen LogP contribution >= 0.6 is 11.6 Å². The number of rotatable bonds is 3. The van der Waals surface area contributed by atoms with Gasteiger partial charge in [0.25, 0.3) is 12.0 Å². The van der Waals surface area contributed by atoms with Crippen molar-refractivity contribution in [3.63, 3.8) is 0 Å². The van der Waals surface area contributed by atoms with E-state index in [9.17, 15) is 31.5 Å². The minimum Gasteiger partial charge on any atom is -0.310 e. The number of hydrogen-bond acceptors (Lipinski definition) is 3. The second-order valence-corrected chi connectivity index (χ2v) is 7.85. The highest BCUT2D eigenvalue weighted by Crippen LogP contribution is 2.45. The van der Waals surface area contributed by atoms with Gasteiger partial charge in [0.1, 0.15) is 5.69 Å². The summed E-state index contributed by atoms with van der Waals surface area (Å²) in [4.78, 5) is 27.7. The summed E-state index contributed by atoms with van der Waals surface area (Å²) in [5.41, 5.74) is -4.84. The molecule has 1 aromatic carbocycles. The number of nitrogens with zero attached hydrogens (tertiary/aromatic N) is 2. The Labute approximate surface area is 182 Å². The molecule has 0 radical (unpaired) electrons. The zero-order chi connectivity index (χ0) is 23.3. The van der Waals surface area contributed by atoms with Crippen molar-refractivity contribution in [1.82, 2.24) is 14.9 Å². The van der Waals surface area contributed by atoms with E-state index in [0.29, 0.717) is 18.9 Å². The van der Waals surface area contributed by atoms with Gasteiger partial charge in [-0.15, -0.1) is 0 Å². The first kappa shape index (κ1) is 22.1. The van der Waals surface area contributed by atoms with Gasteiger partial charge in [-0.25, -0.2) is 18.6 Å². The van der Waals surface area contributed by atoms with E-state index in [-0.39, 0.29) is 34.3 Å². The van der Waals surface area contributed by atoms with Gasteiger partial charge in [-0.05, 0) is 30.5 Å². The van der Waals surface area contributed by atoms with Crippen LogP contribution in [0.3, 0.4) is 0 Å².